The second-order valence-corrected chi connectivity index (χ2v) is 9.97. The Bertz CT molecular complexity index is 1560. The number of aromatic nitrogens is 2. The van der Waals surface area contributed by atoms with E-state index in [4.69, 9.17) is 0 Å². The third kappa shape index (κ3) is 6.08. The molecule has 0 bridgehead atoms. The largest absolute Gasteiger partial charge is 0.338 e. The smallest absolute Gasteiger partial charge is 0.270 e. The molecule has 2 aromatic carbocycles. The van der Waals surface area contributed by atoms with E-state index >= 15 is 0 Å². The maximum atomic E-state index is 14.0. The molecule has 1 atom stereocenters. The van der Waals surface area contributed by atoms with E-state index in [0.29, 0.717) is 11.4 Å². The first-order valence-electron chi connectivity index (χ1n) is 13.3. The number of carbonyl (C=O) groups is 2. The summed E-state index contributed by atoms with van der Waals surface area (Å²) in [5, 5.41) is 18.0. The van der Waals surface area contributed by atoms with E-state index in [1.165, 1.54) is 4.68 Å². The van der Waals surface area contributed by atoms with Crippen LogP contribution in [0.25, 0.3) is 0 Å². The van der Waals surface area contributed by atoms with E-state index in [1.54, 1.807) is 43.9 Å². The lowest BCUT2D eigenvalue weighted by Gasteiger charge is -2.27. The first-order valence-corrected chi connectivity index (χ1v) is 13.3. The molecule has 0 spiro atoms. The maximum absolute atomic E-state index is 14.0. The van der Waals surface area contributed by atoms with Gasteiger partial charge in [-0.05, 0) is 65.5 Å². The summed E-state index contributed by atoms with van der Waals surface area (Å²) in [4.78, 5) is 31.8. The minimum atomic E-state index is -0.986. The van der Waals surface area contributed by atoms with Gasteiger partial charge in [-0.3, -0.25) is 19.5 Å². The van der Waals surface area contributed by atoms with Gasteiger partial charge in [0.15, 0.2) is 0 Å². The molecule has 8 nitrogen and oxygen atoms in total. The number of nitrogens with zero attached hydrogens (tertiary/aromatic N) is 4. The first kappa shape index (κ1) is 27.5. The summed E-state index contributed by atoms with van der Waals surface area (Å²) in [5.74, 6) is -1.37. The van der Waals surface area contributed by atoms with Crippen LogP contribution in [-0.2, 0) is 11.8 Å². The summed E-state index contributed by atoms with van der Waals surface area (Å²) < 4.78 is 1.47. The van der Waals surface area contributed by atoms with Crippen LogP contribution in [0.1, 0.15) is 41.4 Å². The number of carbonyl (C=O) groups excluding carboxylic acids is 2. The van der Waals surface area contributed by atoms with Gasteiger partial charge in [-0.2, -0.15) is 5.10 Å². The van der Waals surface area contributed by atoms with Gasteiger partial charge in [0.2, 0.25) is 0 Å². The molecular formula is C33H31N5O3. The molecule has 1 unspecified atom stereocenters. The molecule has 2 N–H and O–H groups in total. The summed E-state index contributed by atoms with van der Waals surface area (Å²) in [6, 6.07) is 19.9. The molecule has 2 amide bonds. The zero-order chi connectivity index (χ0) is 28.9. The van der Waals surface area contributed by atoms with Crippen LogP contribution in [0.3, 0.4) is 0 Å². The second kappa shape index (κ2) is 12.0. The van der Waals surface area contributed by atoms with Gasteiger partial charge in [0.25, 0.3) is 11.8 Å². The third-order valence-electron chi connectivity index (χ3n) is 7.09. The van der Waals surface area contributed by atoms with Crippen molar-refractivity contribution in [2.45, 2.75) is 25.8 Å². The quantitative estimate of drug-likeness (QED) is 0.441. The average molecular weight is 546 g/mol. The predicted octanol–water partition coefficient (Wildman–Crippen LogP) is 5.25. The van der Waals surface area contributed by atoms with Crippen molar-refractivity contribution >= 4 is 17.5 Å². The average Bonchev–Trinajstić information content (AvgIpc) is 3.40. The fraction of sp³-hybridized carbons (Fsp3) is 0.152. The van der Waals surface area contributed by atoms with Gasteiger partial charge in [0.1, 0.15) is 11.7 Å². The summed E-state index contributed by atoms with van der Waals surface area (Å²) in [6.07, 6.45) is 12.2. The molecule has 5 rings (SSSR count). The molecule has 1 aromatic heterocycles. The molecule has 8 heteroatoms. The number of hydrogen-bond acceptors (Lipinski definition) is 5. The topological polar surface area (TPSA) is 99.8 Å². The van der Waals surface area contributed by atoms with Crippen LogP contribution >= 0.6 is 0 Å². The lowest BCUT2D eigenvalue weighted by molar-refractivity contribution is -0.119. The van der Waals surface area contributed by atoms with Crippen LogP contribution in [0.2, 0.25) is 0 Å². The number of nitrogens with one attached hydrogen (secondary N) is 1. The Morgan fingerprint density at radius 2 is 1.41 bits per heavy atom. The van der Waals surface area contributed by atoms with E-state index in [0.717, 1.165) is 38.5 Å². The van der Waals surface area contributed by atoms with Crippen molar-refractivity contribution in [2.75, 3.05) is 0 Å². The summed E-state index contributed by atoms with van der Waals surface area (Å²) >= 11 is 0. The monoisotopic (exact) mass is 545 g/mol. The molecular weight excluding hydrogens is 514 g/mol. The van der Waals surface area contributed by atoms with Crippen molar-refractivity contribution in [3.05, 3.63) is 149 Å². The molecule has 2 aliphatic rings. The Kier molecular flexibility index (Phi) is 8.03. The number of hydroxylamine groups is 2. The molecule has 0 fully saturated rings. The third-order valence-corrected chi connectivity index (χ3v) is 7.09. The summed E-state index contributed by atoms with van der Waals surface area (Å²) in [7, 11) is 1.68. The molecule has 1 aliphatic heterocycles. The predicted molar refractivity (Wildman–Crippen MR) is 158 cm³/mol. The lowest BCUT2D eigenvalue weighted by atomic mass is 9.84. The van der Waals surface area contributed by atoms with E-state index in [2.05, 4.69) is 15.4 Å². The van der Waals surface area contributed by atoms with E-state index in [-0.39, 0.29) is 0 Å². The fourth-order valence-electron chi connectivity index (χ4n) is 5.23. The second-order valence-electron chi connectivity index (χ2n) is 9.97. The highest BCUT2D eigenvalue weighted by atomic mass is 16.5. The van der Waals surface area contributed by atoms with Crippen LogP contribution in [0, 0.1) is 0 Å². The Labute approximate surface area is 239 Å². The van der Waals surface area contributed by atoms with Gasteiger partial charge in [0.05, 0.1) is 5.71 Å². The molecule has 0 radical (unpaired) electrons. The van der Waals surface area contributed by atoms with Gasteiger partial charge in [0, 0.05) is 31.6 Å². The van der Waals surface area contributed by atoms with Crippen LogP contribution in [0.5, 0.6) is 0 Å². The Morgan fingerprint density at radius 3 is 1.93 bits per heavy atom. The van der Waals surface area contributed by atoms with Crippen molar-refractivity contribution in [1.82, 2.24) is 20.2 Å². The van der Waals surface area contributed by atoms with Gasteiger partial charge < -0.3 is 5.32 Å². The Balaban J connectivity index is 1.51. The van der Waals surface area contributed by atoms with Gasteiger partial charge in [-0.15, -0.1) is 0 Å². The van der Waals surface area contributed by atoms with Crippen molar-refractivity contribution in [1.29, 1.82) is 0 Å². The maximum Gasteiger partial charge on any atom is 0.270 e. The minimum absolute atomic E-state index is 0.338. The lowest BCUT2D eigenvalue weighted by Crippen LogP contribution is -2.45. The SMILES string of the molecule is CC1=CN(O)C=C(C)C1=C1C=CC(=NC(=O)C(NC(=O)c2ccnn2C)C(c2ccccc2)c2ccccc2)C=C1. The van der Waals surface area contributed by atoms with Crippen LogP contribution < -0.4 is 5.32 Å². The van der Waals surface area contributed by atoms with E-state index in [1.807, 2.05) is 86.7 Å². The zero-order valence-corrected chi connectivity index (χ0v) is 23.1. The van der Waals surface area contributed by atoms with Crippen LogP contribution in [0.15, 0.2) is 137 Å². The molecule has 0 saturated heterocycles. The van der Waals surface area contributed by atoms with E-state index in [9.17, 15) is 14.8 Å². The number of benzene rings is 2. The first-order chi connectivity index (χ1) is 19.8. The number of amides is 2. The van der Waals surface area contributed by atoms with Crippen molar-refractivity contribution in [2.24, 2.45) is 12.0 Å². The molecule has 2 heterocycles. The van der Waals surface area contributed by atoms with Crippen LogP contribution in [0.4, 0.5) is 0 Å². The number of aliphatic imine (C=N–C) groups is 1. The van der Waals surface area contributed by atoms with Crippen molar-refractivity contribution in [3.63, 3.8) is 0 Å². The molecule has 0 saturated carbocycles. The van der Waals surface area contributed by atoms with Gasteiger partial charge in [-0.1, -0.05) is 72.8 Å². The van der Waals surface area contributed by atoms with Gasteiger partial charge >= 0.3 is 0 Å². The zero-order valence-electron chi connectivity index (χ0n) is 23.1. The molecule has 41 heavy (non-hydrogen) atoms. The minimum Gasteiger partial charge on any atom is -0.338 e. The number of rotatable bonds is 6. The highest BCUT2D eigenvalue weighted by Gasteiger charge is 2.33. The highest BCUT2D eigenvalue weighted by molar-refractivity contribution is 6.12. The van der Waals surface area contributed by atoms with Crippen molar-refractivity contribution in [3.8, 4) is 0 Å². The van der Waals surface area contributed by atoms with Gasteiger partial charge in [-0.25, -0.2) is 10.1 Å². The fourth-order valence-corrected chi connectivity index (χ4v) is 5.23. The summed E-state index contributed by atoms with van der Waals surface area (Å²) in [5.41, 5.74) is 6.35. The Morgan fingerprint density at radius 1 is 0.854 bits per heavy atom. The molecule has 3 aromatic rings. The Hall–Kier alpha value is -5.08. The summed E-state index contributed by atoms with van der Waals surface area (Å²) in [6.45, 7) is 3.86. The molecule has 206 valence electrons. The number of allylic oxidation sites excluding steroid dienone is 8. The normalized spacial score (nSPS) is 15.5. The highest BCUT2D eigenvalue weighted by Crippen LogP contribution is 2.31. The van der Waals surface area contributed by atoms with E-state index < -0.39 is 23.8 Å². The number of aryl methyl sites for hydroxylation is 1. The standard InChI is InChI=1S/C33H31N5O3/c1-22-20-38(41)21-23(2)29(22)26-14-16-27(17-15-26)35-33(40)31(36-32(39)28-18-19-34-37(28)3)30(24-10-6-4-7-11-24)25-12-8-5-9-13-25/h4-21,30-31,41H,1-3H3,(H,36,39). The van der Waals surface area contributed by atoms with Crippen molar-refractivity contribution < 1.29 is 14.8 Å². The van der Waals surface area contributed by atoms with Crippen LogP contribution in [-0.4, -0.2) is 43.6 Å². The number of hydrogen-bond donors (Lipinski definition) is 2. The molecule has 1 aliphatic carbocycles.